The normalized spacial score (nSPS) is 14.0. The third-order valence-corrected chi connectivity index (χ3v) is 5.36. The number of carbonyl (C=O) groups is 1. The van der Waals surface area contributed by atoms with E-state index in [2.05, 4.69) is 4.98 Å². The zero-order valence-electron chi connectivity index (χ0n) is 15.8. The first-order valence-corrected chi connectivity index (χ1v) is 9.87. The maximum atomic E-state index is 12.7. The van der Waals surface area contributed by atoms with Crippen LogP contribution in [0.3, 0.4) is 0 Å². The lowest BCUT2D eigenvalue weighted by Crippen LogP contribution is -2.37. The Bertz CT molecular complexity index is 1020. The molecule has 0 saturated carbocycles. The quantitative estimate of drug-likeness (QED) is 0.486. The summed E-state index contributed by atoms with van der Waals surface area (Å²) in [6.45, 7) is 1.26. The minimum atomic E-state index is -0.0458. The fourth-order valence-electron chi connectivity index (χ4n) is 3.63. The fraction of sp³-hybridized carbons (Fsp3) is 0.174. The molecule has 2 aromatic heterocycles. The van der Waals surface area contributed by atoms with Gasteiger partial charge in [-0.2, -0.15) is 4.73 Å². The zero-order chi connectivity index (χ0) is 20.2. The molecule has 1 fully saturated rings. The van der Waals surface area contributed by atoms with E-state index in [1.165, 1.54) is 18.0 Å². The number of hydrogen-bond acceptors (Lipinski definition) is 3. The van der Waals surface area contributed by atoms with E-state index in [1.807, 2.05) is 47.4 Å². The van der Waals surface area contributed by atoms with Gasteiger partial charge in [-0.05, 0) is 42.7 Å². The number of amides is 1. The monoisotopic (exact) mass is 405 g/mol. The molecule has 3 heterocycles. The van der Waals surface area contributed by atoms with Crippen LogP contribution in [0.15, 0.2) is 78.8 Å². The Morgan fingerprint density at radius 2 is 1.66 bits per heavy atom. The van der Waals surface area contributed by atoms with Gasteiger partial charge in [0, 0.05) is 42.0 Å². The summed E-state index contributed by atoms with van der Waals surface area (Å²) in [6.07, 6.45) is 6.04. The summed E-state index contributed by atoms with van der Waals surface area (Å²) in [6, 6.07) is 16.8. The average molecular weight is 406 g/mol. The van der Waals surface area contributed by atoms with Gasteiger partial charge in [-0.1, -0.05) is 35.4 Å². The first kappa shape index (κ1) is 19.2. The number of piperidine rings is 1. The second kappa shape index (κ2) is 8.45. The van der Waals surface area contributed by atoms with Gasteiger partial charge in [0.25, 0.3) is 5.91 Å². The first-order valence-electron chi connectivity index (χ1n) is 9.49. The van der Waals surface area contributed by atoms with E-state index in [1.54, 1.807) is 18.3 Å². The third kappa shape index (κ3) is 4.30. The Morgan fingerprint density at radius 1 is 0.966 bits per heavy atom. The maximum absolute atomic E-state index is 12.7. The number of benzene rings is 1. The highest BCUT2D eigenvalue weighted by molar-refractivity contribution is 6.30. The van der Waals surface area contributed by atoms with Crippen LogP contribution in [0.1, 0.15) is 34.5 Å². The molecule has 0 N–H and O–H groups in total. The molecule has 146 valence electrons. The fourth-order valence-corrected chi connectivity index (χ4v) is 3.75. The number of nitrogens with zero attached hydrogens (tertiary/aromatic N) is 3. The molecular weight excluding hydrogens is 386 g/mol. The van der Waals surface area contributed by atoms with Gasteiger partial charge < -0.3 is 10.1 Å². The summed E-state index contributed by atoms with van der Waals surface area (Å²) >= 11 is 6.07. The van der Waals surface area contributed by atoms with Gasteiger partial charge in [0.2, 0.25) is 0 Å². The first-order chi connectivity index (χ1) is 14.1. The molecule has 6 heteroatoms. The molecule has 1 saturated heterocycles. The molecule has 1 aromatic carbocycles. The van der Waals surface area contributed by atoms with Gasteiger partial charge in [-0.25, -0.2) is 0 Å². The summed E-state index contributed by atoms with van der Waals surface area (Å²) < 4.78 is 0.680. The van der Waals surface area contributed by atoms with Crippen LogP contribution < -0.4 is 4.73 Å². The Labute approximate surface area is 174 Å². The van der Waals surface area contributed by atoms with E-state index < -0.39 is 0 Å². The second-order valence-electron chi connectivity index (χ2n) is 6.94. The highest BCUT2D eigenvalue weighted by Gasteiger charge is 2.23. The molecule has 0 atom stereocenters. The largest absolute Gasteiger partial charge is 0.619 e. The van der Waals surface area contributed by atoms with E-state index in [-0.39, 0.29) is 5.91 Å². The van der Waals surface area contributed by atoms with Crippen molar-refractivity contribution in [3.63, 3.8) is 0 Å². The molecule has 4 rings (SSSR count). The average Bonchev–Trinajstić information content (AvgIpc) is 2.77. The van der Waals surface area contributed by atoms with Crippen molar-refractivity contribution in [1.82, 2.24) is 9.88 Å². The van der Waals surface area contributed by atoms with E-state index in [0.29, 0.717) is 28.4 Å². The number of carbonyl (C=O) groups excluding carboxylic acids is 1. The summed E-state index contributed by atoms with van der Waals surface area (Å²) in [4.78, 5) is 19.1. The minimum absolute atomic E-state index is 0.0458. The van der Waals surface area contributed by atoms with Crippen LogP contribution >= 0.6 is 11.6 Å². The van der Waals surface area contributed by atoms with Crippen molar-refractivity contribution in [3.8, 4) is 0 Å². The van der Waals surface area contributed by atoms with Gasteiger partial charge in [0.1, 0.15) is 0 Å². The number of aromatic nitrogens is 2. The molecule has 3 aromatic rings. The van der Waals surface area contributed by atoms with Gasteiger partial charge in [-0.15, -0.1) is 0 Å². The van der Waals surface area contributed by atoms with Crippen LogP contribution in [0.4, 0.5) is 0 Å². The van der Waals surface area contributed by atoms with Crippen molar-refractivity contribution in [2.24, 2.45) is 0 Å². The number of rotatable bonds is 3. The molecule has 0 unspecified atom stereocenters. The topological polar surface area (TPSA) is 60.1 Å². The van der Waals surface area contributed by atoms with Crippen LogP contribution in [0.2, 0.25) is 5.02 Å². The summed E-state index contributed by atoms with van der Waals surface area (Å²) in [7, 11) is 0. The van der Waals surface area contributed by atoms with Crippen LogP contribution in [0.5, 0.6) is 0 Å². The summed E-state index contributed by atoms with van der Waals surface area (Å²) in [5, 5.41) is 11.9. The van der Waals surface area contributed by atoms with Crippen molar-refractivity contribution in [2.45, 2.75) is 12.8 Å². The molecule has 1 aliphatic heterocycles. The van der Waals surface area contributed by atoms with Gasteiger partial charge >= 0.3 is 0 Å². The molecular formula is C23H20ClN3O2. The number of hydrogen-bond donors (Lipinski definition) is 0. The molecule has 1 aliphatic rings. The van der Waals surface area contributed by atoms with Gasteiger partial charge in [-0.3, -0.25) is 9.78 Å². The zero-order valence-corrected chi connectivity index (χ0v) is 16.5. The lowest BCUT2D eigenvalue weighted by atomic mass is 9.90. The molecule has 0 radical (unpaired) electrons. The Balaban J connectivity index is 1.60. The van der Waals surface area contributed by atoms with Crippen LogP contribution in [0, 0.1) is 5.21 Å². The molecule has 1 amide bonds. The Kier molecular flexibility index (Phi) is 5.58. The lowest BCUT2D eigenvalue weighted by Gasteiger charge is -2.30. The SMILES string of the molecule is O=C(c1cc[n+]([O-])cc1)N1CCC(=C(c2ccc(Cl)cc2)c2ccccn2)CC1. The van der Waals surface area contributed by atoms with E-state index >= 15 is 0 Å². The highest BCUT2D eigenvalue weighted by Crippen LogP contribution is 2.32. The third-order valence-electron chi connectivity index (χ3n) is 5.11. The minimum Gasteiger partial charge on any atom is -0.619 e. The van der Waals surface area contributed by atoms with Gasteiger partial charge in [0.15, 0.2) is 12.4 Å². The molecule has 5 nitrogen and oxygen atoms in total. The van der Waals surface area contributed by atoms with Crippen LogP contribution in [0.25, 0.3) is 5.57 Å². The Hall–Kier alpha value is -3.18. The van der Waals surface area contributed by atoms with Crippen molar-refractivity contribution >= 4 is 23.1 Å². The van der Waals surface area contributed by atoms with Crippen molar-refractivity contribution in [1.29, 1.82) is 0 Å². The lowest BCUT2D eigenvalue weighted by molar-refractivity contribution is -0.605. The molecule has 0 bridgehead atoms. The molecule has 0 aliphatic carbocycles. The van der Waals surface area contributed by atoms with E-state index in [9.17, 15) is 10.0 Å². The maximum Gasteiger partial charge on any atom is 0.254 e. The van der Waals surface area contributed by atoms with Gasteiger partial charge in [0.05, 0.1) is 11.3 Å². The predicted molar refractivity (Wildman–Crippen MR) is 112 cm³/mol. The smallest absolute Gasteiger partial charge is 0.254 e. The van der Waals surface area contributed by atoms with E-state index in [0.717, 1.165) is 29.7 Å². The van der Waals surface area contributed by atoms with Crippen molar-refractivity contribution in [2.75, 3.05) is 13.1 Å². The molecule has 0 spiro atoms. The second-order valence-corrected chi connectivity index (χ2v) is 7.38. The number of pyridine rings is 2. The van der Waals surface area contributed by atoms with E-state index in [4.69, 9.17) is 11.6 Å². The predicted octanol–water partition coefficient (Wildman–Crippen LogP) is 4.11. The molecule has 29 heavy (non-hydrogen) atoms. The summed E-state index contributed by atoms with van der Waals surface area (Å²) in [5.74, 6) is -0.0458. The van der Waals surface area contributed by atoms with Crippen molar-refractivity contribution in [3.05, 3.63) is 106 Å². The van der Waals surface area contributed by atoms with Crippen molar-refractivity contribution < 1.29 is 9.52 Å². The standard InChI is InChI=1S/C23H20ClN3O2/c24-20-6-4-17(5-7-20)22(21-3-1-2-12-25-21)18-8-13-26(14-9-18)23(28)19-10-15-27(29)16-11-19/h1-7,10-12,15-16H,8-9,13-14H2. The Morgan fingerprint density at radius 3 is 2.28 bits per heavy atom. The van der Waals surface area contributed by atoms with Crippen LogP contribution in [-0.4, -0.2) is 28.9 Å². The summed E-state index contributed by atoms with van der Waals surface area (Å²) in [5.41, 5.74) is 4.92. The van der Waals surface area contributed by atoms with Crippen LogP contribution in [-0.2, 0) is 0 Å². The number of likely N-dealkylation sites (tertiary alicyclic amines) is 1. The number of halogens is 1. The highest BCUT2D eigenvalue weighted by atomic mass is 35.5.